The summed E-state index contributed by atoms with van der Waals surface area (Å²) in [6.45, 7) is 2.03. The molecule has 0 saturated heterocycles. The first-order chi connectivity index (χ1) is 10.6. The van der Waals surface area contributed by atoms with Crippen LogP contribution in [0.1, 0.15) is 22.8 Å². The Morgan fingerprint density at radius 2 is 1.95 bits per heavy atom. The number of rotatable bonds is 3. The molecule has 0 unspecified atom stereocenters. The summed E-state index contributed by atoms with van der Waals surface area (Å²) in [7, 11) is 0. The number of hydrogen-bond donors (Lipinski definition) is 1. The molecular weight excluding hydrogens is 298 g/mol. The van der Waals surface area contributed by atoms with Gasteiger partial charge in [0, 0.05) is 16.0 Å². The van der Waals surface area contributed by atoms with Crippen LogP contribution in [0.2, 0.25) is 5.02 Å². The van der Waals surface area contributed by atoms with Crippen molar-refractivity contribution in [1.29, 1.82) is 0 Å². The number of carboxylic acid groups (broad SMARTS) is 1. The minimum absolute atomic E-state index is 0.246. The predicted molar refractivity (Wildman–Crippen MR) is 88.5 cm³/mol. The molecule has 4 heteroatoms. The van der Waals surface area contributed by atoms with Crippen molar-refractivity contribution in [3.05, 3.63) is 64.7 Å². The summed E-state index contributed by atoms with van der Waals surface area (Å²) in [6.07, 6.45) is 0.787. The van der Waals surface area contributed by atoms with Crippen molar-refractivity contribution in [2.75, 3.05) is 0 Å². The number of benzene rings is 2. The quantitative estimate of drug-likeness (QED) is 0.754. The Bertz CT molecular complexity index is 874. The number of para-hydroxylation sites is 1. The van der Waals surface area contributed by atoms with Crippen LogP contribution in [0, 0.1) is 0 Å². The maximum absolute atomic E-state index is 11.6. The van der Waals surface area contributed by atoms with E-state index in [-0.39, 0.29) is 5.56 Å². The van der Waals surface area contributed by atoms with Gasteiger partial charge in [-0.25, -0.2) is 9.78 Å². The van der Waals surface area contributed by atoms with Gasteiger partial charge in [0.15, 0.2) is 0 Å². The molecule has 1 aromatic heterocycles. The number of nitrogens with zero attached hydrogens (tertiary/aromatic N) is 1. The molecule has 1 N–H and O–H groups in total. The normalized spacial score (nSPS) is 10.8. The number of aromatic carboxylic acids is 1. The van der Waals surface area contributed by atoms with Crippen LogP contribution in [0.15, 0.2) is 48.5 Å². The summed E-state index contributed by atoms with van der Waals surface area (Å²) in [5.41, 5.74) is 3.31. The van der Waals surface area contributed by atoms with Crippen molar-refractivity contribution in [2.45, 2.75) is 13.3 Å². The van der Waals surface area contributed by atoms with E-state index < -0.39 is 5.97 Å². The van der Waals surface area contributed by atoms with Crippen LogP contribution in [-0.2, 0) is 6.42 Å². The van der Waals surface area contributed by atoms with Gasteiger partial charge in [0.2, 0.25) is 0 Å². The number of hydrogen-bond acceptors (Lipinski definition) is 2. The summed E-state index contributed by atoms with van der Waals surface area (Å²) in [4.78, 5) is 16.3. The summed E-state index contributed by atoms with van der Waals surface area (Å²) >= 11 is 6.23. The SMILES string of the molecule is CCc1cccc2c(C(=O)O)cc(-c3ccccc3Cl)nc12. The number of carbonyl (C=O) groups is 1. The van der Waals surface area contributed by atoms with Gasteiger partial charge in [0.1, 0.15) is 0 Å². The fraction of sp³-hybridized carbons (Fsp3) is 0.111. The van der Waals surface area contributed by atoms with E-state index in [9.17, 15) is 9.90 Å². The molecule has 0 aliphatic heterocycles. The second kappa shape index (κ2) is 5.78. The fourth-order valence-corrected chi connectivity index (χ4v) is 2.81. The van der Waals surface area contributed by atoms with Gasteiger partial charge in [0.05, 0.1) is 16.8 Å². The van der Waals surface area contributed by atoms with E-state index in [0.717, 1.165) is 23.1 Å². The molecule has 22 heavy (non-hydrogen) atoms. The molecular formula is C18H14ClNO2. The van der Waals surface area contributed by atoms with Crippen molar-refractivity contribution < 1.29 is 9.90 Å². The number of aryl methyl sites for hydroxylation is 1. The molecule has 110 valence electrons. The lowest BCUT2D eigenvalue weighted by Crippen LogP contribution is -2.02. The molecule has 0 radical (unpaired) electrons. The van der Waals surface area contributed by atoms with Gasteiger partial charge in [-0.2, -0.15) is 0 Å². The zero-order valence-corrected chi connectivity index (χ0v) is 12.8. The van der Waals surface area contributed by atoms with Gasteiger partial charge >= 0.3 is 5.97 Å². The second-order valence-electron chi connectivity index (χ2n) is 5.01. The van der Waals surface area contributed by atoms with Gasteiger partial charge in [-0.3, -0.25) is 0 Å². The maximum Gasteiger partial charge on any atom is 0.336 e. The van der Waals surface area contributed by atoms with E-state index >= 15 is 0 Å². The first kappa shape index (κ1) is 14.5. The van der Waals surface area contributed by atoms with E-state index in [4.69, 9.17) is 11.6 Å². The minimum atomic E-state index is -0.964. The van der Waals surface area contributed by atoms with Crippen molar-refractivity contribution in [3.8, 4) is 11.3 Å². The smallest absolute Gasteiger partial charge is 0.336 e. The standard InChI is InChI=1S/C18H14ClNO2/c1-2-11-6-5-8-12-14(18(21)22)10-16(20-17(11)12)13-7-3-4-9-15(13)19/h3-10H,2H2,1H3,(H,21,22). The van der Waals surface area contributed by atoms with Crippen molar-refractivity contribution in [1.82, 2.24) is 4.98 Å². The summed E-state index contributed by atoms with van der Waals surface area (Å²) < 4.78 is 0. The van der Waals surface area contributed by atoms with Crippen LogP contribution in [0.4, 0.5) is 0 Å². The zero-order chi connectivity index (χ0) is 15.7. The third kappa shape index (κ3) is 2.44. The lowest BCUT2D eigenvalue weighted by molar-refractivity contribution is 0.0699. The number of fused-ring (bicyclic) bond motifs is 1. The topological polar surface area (TPSA) is 50.2 Å². The highest BCUT2D eigenvalue weighted by Crippen LogP contribution is 2.31. The Hall–Kier alpha value is -2.39. The first-order valence-electron chi connectivity index (χ1n) is 7.02. The lowest BCUT2D eigenvalue weighted by atomic mass is 10.0. The summed E-state index contributed by atoms with van der Waals surface area (Å²) in [5, 5.41) is 10.7. The Morgan fingerprint density at radius 3 is 2.64 bits per heavy atom. The van der Waals surface area contributed by atoms with Crippen molar-refractivity contribution in [3.63, 3.8) is 0 Å². The number of pyridine rings is 1. The molecule has 3 nitrogen and oxygen atoms in total. The van der Waals surface area contributed by atoms with Crippen LogP contribution >= 0.6 is 11.6 Å². The van der Waals surface area contributed by atoms with E-state index in [0.29, 0.717) is 16.1 Å². The lowest BCUT2D eigenvalue weighted by Gasteiger charge is -2.11. The molecule has 3 rings (SSSR count). The highest BCUT2D eigenvalue weighted by molar-refractivity contribution is 6.33. The Labute approximate surface area is 133 Å². The average molecular weight is 312 g/mol. The van der Waals surface area contributed by atoms with Crippen LogP contribution in [0.25, 0.3) is 22.2 Å². The van der Waals surface area contributed by atoms with Gasteiger partial charge in [-0.1, -0.05) is 54.9 Å². The van der Waals surface area contributed by atoms with Crippen LogP contribution in [-0.4, -0.2) is 16.1 Å². The molecule has 2 aromatic carbocycles. The Morgan fingerprint density at radius 1 is 1.18 bits per heavy atom. The fourth-order valence-electron chi connectivity index (χ4n) is 2.58. The monoisotopic (exact) mass is 311 g/mol. The Balaban J connectivity index is 2.38. The molecule has 0 atom stereocenters. The van der Waals surface area contributed by atoms with Crippen LogP contribution in [0.5, 0.6) is 0 Å². The molecule has 3 aromatic rings. The van der Waals surface area contributed by atoms with Gasteiger partial charge < -0.3 is 5.11 Å². The van der Waals surface area contributed by atoms with Crippen LogP contribution < -0.4 is 0 Å². The summed E-state index contributed by atoms with van der Waals surface area (Å²) in [6, 6.07) is 14.5. The largest absolute Gasteiger partial charge is 0.478 e. The second-order valence-corrected chi connectivity index (χ2v) is 5.41. The molecule has 0 bridgehead atoms. The van der Waals surface area contributed by atoms with E-state index in [1.54, 1.807) is 18.2 Å². The summed E-state index contributed by atoms with van der Waals surface area (Å²) in [5.74, 6) is -0.964. The van der Waals surface area contributed by atoms with Crippen molar-refractivity contribution >= 4 is 28.5 Å². The molecule has 0 spiro atoms. The maximum atomic E-state index is 11.6. The van der Waals surface area contributed by atoms with E-state index in [1.807, 2.05) is 37.3 Å². The zero-order valence-electron chi connectivity index (χ0n) is 12.0. The highest BCUT2D eigenvalue weighted by Gasteiger charge is 2.15. The molecule has 0 amide bonds. The van der Waals surface area contributed by atoms with E-state index in [1.165, 1.54) is 0 Å². The van der Waals surface area contributed by atoms with Gasteiger partial charge in [-0.15, -0.1) is 0 Å². The van der Waals surface area contributed by atoms with E-state index in [2.05, 4.69) is 4.98 Å². The third-order valence-electron chi connectivity index (χ3n) is 3.68. The van der Waals surface area contributed by atoms with Crippen LogP contribution in [0.3, 0.4) is 0 Å². The average Bonchev–Trinajstić information content (AvgIpc) is 2.53. The number of halogens is 1. The highest BCUT2D eigenvalue weighted by atomic mass is 35.5. The first-order valence-corrected chi connectivity index (χ1v) is 7.40. The van der Waals surface area contributed by atoms with Gasteiger partial charge in [-0.05, 0) is 24.1 Å². The minimum Gasteiger partial charge on any atom is -0.478 e. The molecule has 1 heterocycles. The molecule has 0 saturated carbocycles. The van der Waals surface area contributed by atoms with Crippen molar-refractivity contribution in [2.24, 2.45) is 0 Å². The number of aromatic nitrogens is 1. The predicted octanol–water partition coefficient (Wildman–Crippen LogP) is 4.82. The third-order valence-corrected chi connectivity index (χ3v) is 4.01. The number of carboxylic acids is 1. The molecule has 0 aliphatic rings. The molecule has 0 fully saturated rings. The van der Waals surface area contributed by atoms with Gasteiger partial charge in [0.25, 0.3) is 0 Å². The molecule has 0 aliphatic carbocycles. The Kier molecular flexibility index (Phi) is 3.82.